The molecule has 3 rings (SSSR count). The molecule has 0 aromatic heterocycles. The average Bonchev–Trinajstić information content (AvgIpc) is 2.37. The van der Waals surface area contributed by atoms with Gasteiger partial charge in [-0.05, 0) is 45.4 Å². The van der Waals surface area contributed by atoms with E-state index < -0.39 is 0 Å². The lowest BCUT2D eigenvalue weighted by Crippen LogP contribution is -2.55. The molecular weight excluding hydrogens is 242 g/mol. The van der Waals surface area contributed by atoms with E-state index in [9.17, 15) is 0 Å². The van der Waals surface area contributed by atoms with Crippen LogP contribution in [0.4, 0.5) is 0 Å². The third kappa shape index (κ3) is 3.30. The first-order chi connectivity index (χ1) is 9.30. The Bertz CT molecular complexity index is 280. The summed E-state index contributed by atoms with van der Waals surface area (Å²) >= 11 is 0. The minimum atomic E-state index is 0.108. The zero-order valence-corrected chi connectivity index (χ0v) is 12.0. The zero-order valence-electron chi connectivity index (χ0n) is 12.0. The van der Waals surface area contributed by atoms with Crippen LogP contribution in [0, 0.1) is 0 Å². The van der Waals surface area contributed by atoms with Gasteiger partial charge in [0.05, 0.1) is 11.7 Å². The lowest BCUT2D eigenvalue weighted by molar-refractivity contribution is -0.142. The Morgan fingerprint density at radius 3 is 2.68 bits per heavy atom. The predicted octanol–water partition coefficient (Wildman–Crippen LogP) is 1.87. The average molecular weight is 269 g/mol. The van der Waals surface area contributed by atoms with E-state index >= 15 is 0 Å². The van der Waals surface area contributed by atoms with Crippen molar-refractivity contribution in [2.45, 2.75) is 69.2 Å². The first-order valence-corrected chi connectivity index (χ1v) is 7.89. The Morgan fingerprint density at radius 2 is 1.95 bits per heavy atom. The number of nitrogens with one attached hydrogen (secondary N) is 1. The van der Waals surface area contributed by atoms with Crippen LogP contribution < -0.4 is 5.32 Å². The zero-order chi connectivity index (χ0) is 13.1. The van der Waals surface area contributed by atoms with Gasteiger partial charge in [-0.1, -0.05) is 0 Å². The Labute approximate surface area is 116 Å². The molecule has 1 N–H and O–H groups in total. The van der Waals surface area contributed by atoms with Gasteiger partial charge in [-0.3, -0.25) is 0 Å². The fraction of sp³-hybridized carbons (Fsp3) is 1.00. The summed E-state index contributed by atoms with van der Waals surface area (Å²) in [7, 11) is 0. The van der Waals surface area contributed by atoms with Crippen molar-refractivity contribution in [1.29, 1.82) is 0 Å². The van der Waals surface area contributed by atoms with Crippen molar-refractivity contribution < 1.29 is 14.2 Å². The summed E-state index contributed by atoms with van der Waals surface area (Å²) in [5.74, 6) is 0. The summed E-state index contributed by atoms with van der Waals surface area (Å²) in [4.78, 5) is 0. The molecule has 3 fully saturated rings. The number of ether oxygens (including phenoxy) is 3. The van der Waals surface area contributed by atoms with Crippen LogP contribution in [0.15, 0.2) is 0 Å². The maximum atomic E-state index is 6.08. The van der Waals surface area contributed by atoms with Crippen molar-refractivity contribution in [2.75, 3.05) is 26.4 Å². The summed E-state index contributed by atoms with van der Waals surface area (Å²) in [6.07, 6.45) is 7.31. The van der Waals surface area contributed by atoms with E-state index in [0.29, 0.717) is 18.2 Å². The highest BCUT2D eigenvalue weighted by Gasteiger charge is 2.40. The van der Waals surface area contributed by atoms with E-state index in [1.54, 1.807) is 0 Å². The highest BCUT2D eigenvalue weighted by Crippen LogP contribution is 2.35. The van der Waals surface area contributed by atoms with Crippen LogP contribution in [0.25, 0.3) is 0 Å². The highest BCUT2D eigenvalue weighted by molar-refractivity contribution is 4.95. The van der Waals surface area contributed by atoms with Crippen LogP contribution in [0.1, 0.15) is 45.4 Å². The van der Waals surface area contributed by atoms with Gasteiger partial charge >= 0.3 is 0 Å². The molecule has 1 saturated carbocycles. The highest BCUT2D eigenvalue weighted by atomic mass is 16.5. The second-order valence-corrected chi connectivity index (χ2v) is 6.25. The molecule has 1 spiro atoms. The van der Waals surface area contributed by atoms with Crippen LogP contribution in [0.2, 0.25) is 0 Å². The van der Waals surface area contributed by atoms with Crippen molar-refractivity contribution >= 4 is 0 Å². The number of hydrogen-bond acceptors (Lipinski definition) is 4. The van der Waals surface area contributed by atoms with Crippen molar-refractivity contribution in [1.82, 2.24) is 5.32 Å². The lowest BCUT2D eigenvalue weighted by atomic mass is 9.82. The normalized spacial score (nSPS) is 38.1. The SMILES string of the molecule is CCOC1CC(NC2CCOC3(CCOCC3)C2)C1. The molecule has 0 amide bonds. The maximum Gasteiger partial charge on any atom is 0.0741 e. The van der Waals surface area contributed by atoms with Crippen LogP contribution in [0.5, 0.6) is 0 Å². The van der Waals surface area contributed by atoms with E-state index in [2.05, 4.69) is 12.2 Å². The first kappa shape index (κ1) is 13.8. The molecule has 0 aromatic carbocycles. The van der Waals surface area contributed by atoms with E-state index in [1.165, 1.54) is 12.8 Å². The molecule has 19 heavy (non-hydrogen) atoms. The second-order valence-electron chi connectivity index (χ2n) is 6.25. The Hall–Kier alpha value is -0.160. The summed E-state index contributed by atoms with van der Waals surface area (Å²) in [6, 6.07) is 1.29. The van der Waals surface area contributed by atoms with Gasteiger partial charge < -0.3 is 19.5 Å². The van der Waals surface area contributed by atoms with Gasteiger partial charge in [0, 0.05) is 38.5 Å². The molecule has 1 unspecified atom stereocenters. The predicted molar refractivity (Wildman–Crippen MR) is 73.3 cm³/mol. The largest absolute Gasteiger partial charge is 0.381 e. The first-order valence-electron chi connectivity index (χ1n) is 7.89. The minimum absolute atomic E-state index is 0.108. The van der Waals surface area contributed by atoms with Crippen LogP contribution >= 0.6 is 0 Å². The molecule has 0 radical (unpaired) electrons. The van der Waals surface area contributed by atoms with E-state index in [0.717, 1.165) is 52.1 Å². The molecule has 4 nitrogen and oxygen atoms in total. The molecular formula is C15H27NO3. The van der Waals surface area contributed by atoms with E-state index in [1.807, 2.05) is 0 Å². The van der Waals surface area contributed by atoms with Crippen molar-refractivity contribution in [3.63, 3.8) is 0 Å². The van der Waals surface area contributed by atoms with Gasteiger partial charge in [0.15, 0.2) is 0 Å². The Balaban J connectivity index is 1.44. The van der Waals surface area contributed by atoms with Gasteiger partial charge in [-0.15, -0.1) is 0 Å². The van der Waals surface area contributed by atoms with Crippen molar-refractivity contribution in [3.05, 3.63) is 0 Å². The molecule has 3 aliphatic rings. The second kappa shape index (κ2) is 6.08. The Morgan fingerprint density at radius 1 is 1.16 bits per heavy atom. The van der Waals surface area contributed by atoms with Gasteiger partial charge in [-0.2, -0.15) is 0 Å². The number of rotatable bonds is 4. The third-order valence-electron chi connectivity index (χ3n) is 4.87. The summed E-state index contributed by atoms with van der Waals surface area (Å²) in [5, 5.41) is 3.81. The molecule has 2 aliphatic heterocycles. The van der Waals surface area contributed by atoms with Crippen molar-refractivity contribution in [3.8, 4) is 0 Å². The van der Waals surface area contributed by atoms with Crippen LogP contribution in [-0.2, 0) is 14.2 Å². The van der Waals surface area contributed by atoms with Crippen LogP contribution in [-0.4, -0.2) is 50.2 Å². The summed E-state index contributed by atoms with van der Waals surface area (Å²) in [5.41, 5.74) is 0.108. The quantitative estimate of drug-likeness (QED) is 0.846. The topological polar surface area (TPSA) is 39.7 Å². The molecule has 4 heteroatoms. The third-order valence-corrected chi connectivity index (χ3v) is 4.87. The molecule has 2 saturated heterocycles. The van der Waals surface area contributed by atoms with E-state index in [-0.39, 0.29) is 5.60 Å². The summed E-state index contributed by atoms with van der Waals surface area (Å²) in [6.45, 7) is 5.55. The van der Waals surface area contributed by atoms with Gasteiger partial charge in [0.25, 0.3) is 0 Å². The fourth-order valence-electron chi connectivity index (χ4n) is 3.67. The minimum Gasteiger partial charge on any atom is -0.381 e. The standard InChI is InChI=1S/C15H27NO3/c1-2-18-14-9-13(10-14)16-12-3-6-19-15(11-12)4-7-17-8-5-15/h12-14,16H,2-11H2,1H3. The molecule has 2 heterocycles. The van der Waals surface area contributed by atoms with Crippen molar-refractivity contribution in [2.24, 2.45) is 0 Å². The fourth-order valence-corrected chi connectivity index (χ4v) is 3.67. The van der Waals surface area contributed by atoms with Gasteiger partial charge in [-0.25, -0.2) is 0 Å². The lowest BCUT2D eigenvalue weighted by Gasteiger charge is -2.46. The molecule has 0 bridgehead atoms. The molecule has 1 atom stereocenters. The molecule has 0 aromatic rings. The van der Waals surface area contributed by atoms with Gasteiger partial charge in [0.2, 0.25) is 0 Å². The maximum absolute atomic E-state index is 6.08. The Kier molecular flexibility index (Phi) is 4.42. The number of hydrogen-bond donors (Lipinski definition) is 1. The smallest absolute Gasteiger partial charge is 0.0741 e. The van der Waals surface area contributed by atoms with Gasteiger partial charge in [0.1, 0.15) is 0 Å². The molecule has 1 aliphatic carbocycles. The summed E-state index contributed by atoms with van der Waals surface area (Å²) < 4.78 is 17.2. The van der Waals surface area contributed by atoms with E-state index in [4.69, 9.17) is 14.2 Å². The van der Waals surface area contributed by atoms with Crippen LogP contribution in [0.3, 0.4) is 0 Å². The molecule has 110 valence electrons. The monoisotopic (exact) mass is 269 g/mol.